The molecule has 0 radical (unpaired) electrons. The third kappa shape index (κ3) is 4.95. The summed E-state index contributed by atoms with van der Waals surface area (Å²) in [7, 11) is 4.84. The molecule has 3 aromatic rings. The first kappa shape index (κ1) is 22.6. The molecule has 1 saturated heterocycles. The fourth-order valence-electron chi connectivity index (χ4n) is 4.40. The van der Waals surface area contributed by atoms with Crippen molar-refractivity contribution in [2.45, 2.75) is 25.7 Å². The minimum atomic E-state index is -0.0257. The van der Waals surface area contributed by atoms with Crippen LogP contribution in [-0.2, 0) is 0 Å². The molecule has 0 saturated carbocycles. The van der Waals surface area contributed by atoms with Crippen molar-refractivity contribution in [3.8, 4) is 28.4 Å². The van der Waals surface area contributed by atoms with Gasteiger partial charge in [-0.1, -0.05) is 12.1 Å². The van der Waals surface area contributed by atoms with Crippen LogP contribution < -0.4 is 14.2 Å². The summed E-state index contributed by atoms with van der Waals surface area (Å²) in [6.45, 7) is 3.37. The van der Waals surface area contributed by atoms with E-state index in [1.807, 2.05) is 24.0 Å². The topological polar surface area (TPSA) is 60.9 Å². The predicted octanol–water partition coefficient (Wildman–Crippen LogP) is 5.10. The third-order valence-electron chi connectivity index (χ3n) is 6.16. The Hall–Kier alpha value is -3.54. The van der Waals surface area contributed by atoms with E-state index in [0.717, 1.165) is 47.7 Å². The van der Waals surface area contributed by atoms with Gasteiger partial charge in [-0.25, -0.2) is 0 Å². The van der Waals surface area contributed by atoms with Gasteiger partial charge in [0, 0.05) is 36.5 Å². The van der Waals surface area contributed by atoms with E-state index < -0.39 is 0 Å². The number of ether oxygens (including phenoxy) is 3. The molecule has 1 aliphatic heterocycles. The lowest BCUT2D eigenvalue weighted by molar-refractivity contribution is 0.0702. The number of aromatic nitrogens is 1. The van der Waals surface area contributed by atoms with Crippen molar-refractivity contribution in [3.63, 3.8) is 0 Å². The van der Waals surface area contributed by atoms with Crippen LogP contribution in [0.2, 0.25) is 0 Å². The highest BCUT2D eigenvalue weighted by Gasteiger charge is 2.28. The number of methoxy groups -OCH3 is 3. The molecule has 1 aromatic heterocycles. The van der Waals surface area contributed by atoms with Gasteiger partial charge in [-0.05, 0) is 67.3 Å². The Balaban J connectivity index is 1.57. The molecule has 1 fully saturated rings. The summed E-state index contributed by atoms with van der Waals surface area (Å²) in [6, 6.07) is 17.6. The lowest BCUT2D eigenvalue weighted by Gasteiger charge is -2.33. The highest BCUT2D eigenvalue weighted by Crippen LogP contribution is 2.32. The Bertz CT molecular complexity index is 1130. The lowest BCUT2D eigenvalue weighted by atomic mass is 9.91. The van der Waals surface area contributed by atoms with E-state index in [4.69, 9.17) is 19.2 Å². The summed E-state index contributed by atoms with van der Waals surface area (Å²) in [5.74, 6) is 2.18. The summed E-state index contributed by atoms with van der Waals surface area (Å²) in [5.41, 5.74) is 4.79. The monoisotopic (exact) mass is 446 g/mol. The summed E-state index contributed by atoms with van der Waals surface area (Å²) in [5, 5.41) is 0. The molecule has 0 unspecified atom stereocenters. The molecule has 0 N–H and O–H groups in total. The summed E-state index contributed by atoms with van der Waals surface area (Å²) >= 11 is 0. The van der Waals surface area contributed by atoms with Crippen LogP contribution in [0.4, 0.5) is 0 Å². The van der Waals surface area contributed by atoms with Crippen molar-refractivity contribution in [3.05, 3.63) is 71.5 Å². The van der Waals surface area contributed by atoms with Crippen molar-refractivity contribution in [2.75, 3.05) is 34.4 Å². The van der Waals surface area contributed by atoms with Gasteiger partial charge < -0.3 is 19.1 Å². The molecule has 4 rings (SSSR count). The first-order valence-corrected chi connectivity index (χ1v) is 11.2. The number of pyridine rings is 1. The molecule has 6 nitrogen and oxygen atoms in total. The van der Waals surface area contributed by atoms with Crippen LogP contribution in [0.5, 0.6) is 17.2 Å². The molecule has 2 heterocycles. The second-order valence-corrected chi connectivity index (χ2v) is 8.31. The van der Waals surface area contributed by atoms with E-state index in [9.17, 15) is 4.79 Å². The van der Waals surface area contributed by atoms with Crippen LogP contribution in [0.25, 0.3) is 11.1 Å². The Morgan fingerprint density at radius 3 is 2.33 bits per heavy atom. The Labute approximate surface area is 195 Å². The number of piperidine rings is 1. The van der Waals surface area contributed by atoms with Gasteiger partial charge in [-0.15, -0.1) is 0 Å². The molecule has 1 atom stereocenters. The zero-order valence-corrected chi connectivity index (χ0v) is 19.6. The smallest absolute Gasteiger partial charge is 0.257 e. The average Bonchev–Trinajstić information content (AvgIpc) is 2.87. The van der Waals surface area contributed by atoms with Crippen molar-refractivity contribution in [1.29, 1.82) is 0 Å². The van der Waals surface area contributed by atoms with E-state index in [0.29, 0.717) is 23.6 Å². The van der Waals surface area contributed by atoms with Gasteiger partial charge >= 0.3 is 0 Å². The van der Waals surface area contributed by atoms with E-state index >= 15 is 0 Å². The maximum absolute atomic E-state index is 13.3. The zero-order chi connectivity index (χ0) is 23.4. The maximum Gasteiger partial charge on any atom is 0.257 e. The molecule has 6 heteroatoms. The maximum atomic E-state index is 13.3. The number of amides is 1. The van der Waals surface area contributed by atoms with Crippen LogP contribution in [0.1, 0.15) is 40.5 Å². The normalized spacial score (nSPS) is 15.8. The van der Waals surface area contributed by atoms with Gasteiger partial charge in [0.2, 0.25) is 0 Å². The Morgan fingerprint density at radius 1 is 0.909 bits per heavy atom. The van der Waals surface area contributed by atoms with Gasteiger partial charge in [0.05, 0.1) is 26.9 Å². The van der Waals surface area contributed by atoms with Gasteiger partial charge in [0.1, 0.15) is 17.2 Å². The number of benzene rings is 2. The number of rotatable bonds is 6. The standard InChI is InChI=1S/C27H30N2O4/c1-18-14-21(19-7-9-22(31-2)10-8-19)15-25(28-18)20-6-5-13-29(17-20)27(30)24-12-11-23(32-3)16-26(24)33-4/h7-12,14-16,20H,5-6,13,17H2,1-4H3/t20-/m1/s1. The summed E-state index contributed by atoms with van der Waals surface area (Å²) < 4.78 is 16.0. The van der Waals surface area contributed by atoms with E-state index in [-0.39, 0.29) is 11.8 Å². The fourth-order valence-corrected chi connectivity index (χ4v) is 4.40. The second-order valence-electron chi connectivity index (χ2n) is 8.31. The van der Waals surface area contributed by atoms with Crippen molar-refractivity contribution >= 4 is 5.91 Å². The van der Waals surface area contributed by atoms with Crippen molar-refractivity contribution in [1.82, 2.24) is 9.88 Å². The number of likely N-dealkylation sites (tertiary alicyclic amines) is 1. The fraction of sp³-hybridized carbons (Fsp3) is 0.333. The second kappa shape index (κ2) is 9.94. The SMILES string of the molecule is COc1ccc(-c2cc(C)nc([C@@H]3CCCN(C(=O)c4ccc(OC)cc4OC)C3)c2)cc1. The minimum Gasteiger partial charge on any atom is -0.497 e. The van der Waals surface area contributed by atoms with Gasteiger partial charge in [0.15, 0.2) is 0 Å². The Morgan fingerprint density at radius 2 is 1.64 bits per heavy atom. The highest BCUT2D eigenvalue weighted by atomic mass is 16.5. The molecule has 0 spiro atoms. The molecule has 1 aliphatic rings. The number of nitrogens with zero attached hydrogens (tertiary/aromatic N) is 2. The van der Waals surface area contributed by atoms with Crippen LogP contribution in [0, 0.1) is 6.92 Å². The van der Waals surface area contributed by atoms with E-state index in [1.165, 1.54) is 0 Å². The summed E-state index contributed by atoms with van der Waals surface area (Å²) in [6.07, 6.45) is 1.93. The first-order chi connectivity index (χ1) is 16.0. The van der Waals surface area contributed by atoms with Crippen molar-refractivity contribution in [2.24, 2.45) is 0 Å². The third-order valence-corrected chi connectivity index (χ3v) is 6.16. The van der Waals surface area contributed by atoms with Crippen LogP contribution in [-0.4, -0.2) is 50.2 Å². The largest absolute Gasteiger partial charge is 0.497 e. The number of hydrogen-bond donors (Lipinski definition) is 0. The molecular formula is C27H30N2O4. The van der Waals surface area contributed by atoms with Crippen LogP contribution in [0.3, 0.4) is 0 Å². The van der Waals surface area contributed by atoms with E-state index in [2.05, 4.69) is 24.3 Å². The molecular weight excluding hydrogens is 416 g/mol. The van der Waals surface area contributed by atoms with Crippen LogP contribution >= 0.6 is 0 Å². The number of hydrogen-bond acceptors (Lipinski definition) is 5. The zero-order valence-electron chi connectivity index (χ0n) is 19.6. The number of carbonyl (C=O) groups is 1. The van der Waals surface area contributed by atoms with Gasteiger partial charge in [0.25, 0.3) is 5.91 Å². The quantitative estimate of drug-likeness (QED) is 0.527. The first-order valence-electron chi connectivity index (χ1n) is 11.2. The molecule has 2 aromatic carbocycles. The average molecular weight is 447 g/mol. The predicted molar refractivity (Wildman–Crippen MR) is 128 cm³/mol. The van der Waals surface area contributed by atoms with Gasteiger partial charge in [-0.3, -0.25) is 9.78 Å². The van der Waals surface area contributed by atoms with Crippen LogP contribution in [0.15, 0.2) is 54.6 Å². The molecule has 33 heavy (non-hydrogen) atoms. The molecule has 0 bridgehead atoms. The van der Waals surface area contributed by atoms with Gasteiger partial charge in [-0.2, -0.15) is 0 Å². The molecule has 172 valence electrons. The molecule has 0 aliphatic carbocycles. The molecule has 1 amide bonds. The number of aryl methyl sites for hydroxylation is 1. The van der Waals surface area contributed by atoms with Crippen molar-refractivity contribution < 1.29 is 19.0 Å². The summed E-state index contributed by atoms with van der Waals surface area (Å²) in [4.78, 5) is 20.1. The minimum absolute atomic E-state index is 0.0257. The van der Waals surface area contributed by atoms with E-state index in [1.54, 1.807) is 39.5 Å². The number of carbonyl (C=O) groups excluding carboxylic acids is 1. The highest BCUT2D eigenvalue weighted by molar-refractivity contribution is 5.97. The lowest BCUT2D eigenvalue weighted by Crippen LogP contribution is -2.39. The Kier molecular flexibility index (Phi) is 6.82.